The number of likely N-dealkylation sites (tertiary alicyclic amines) is 1. The van der Waals surface area contributed by atoms with E-state index in [1.54, 1.807) is 12.1 Å². The van der Waals surface area contributed by atoms with Gasteiger partial charge in [-0.25, -0.2) is 0 Å². The fraction of sp³-hybridized carbons (Fsp3) is 0.381. The number of carbonyl (C=O) groups excluding carboxylic acids is 1. The van der Waals surface area contributed by atoms with Crippen molar-refractivity contribution in [2.45, 2.75) is 25.7 Å². The lowest BCUT2D eigenvalue weighted by molar-refractivity contribution is -0.384. The summed E-state index contributed by atoms with van der Waals surface area (Å²) >= 11 is 0. The average molecular weight is 350 g/mol. The molecule has 1 aliphatic heterocycles. The molecule has 1 heterocycles. The standard InChI is InChI=1S/C21H22N2O3/c24-20-19-4-2-1-3-17(19)15-21(20)10-13-22(14-11-21)12-9-16-5-7-18(8-6-16)23(25)26/h1-8H,9-15H2. The first-order valence-corrected chi connectivity index (χ1v) is 9.16. The van der Waals surface area contributed by atoms with Gasteiger partial charge in [0.2, 0.25) is 0 Å². The number of rotatable bonds is 4. The predicted molar refractivity (Wildman–Crippen MR) is 99.4 cm³/mol. The van der Waals surface area contributed by atoms with E-state index in [1.165, 1.54) is 5.56 Å². The van der Waals surface area contributed by atoms with Gasteiger partial charge in [0.05, 0.1) is 4.92 Å². The molecule has 26 heavy (non-hydrogen) atoms. The van der Waals surface area contributed by atoms with Gasteiger partial charge >= 0.3 is 0 Å². The van der Waals surface area contributed by atoms with Crippen molar-refractivity contribution in [1.82, 2.24) is 4.90 Å². The summed E-state index contributed by atoms with van der Waals surface area (Å²) in [4.78, 5) is 25.6. The molecule has 2 aliphatic rings. The Morgan fingerprint density at radius 3 is 2.38 bits per heavy atom. The summed E-state index contributed by atoms with van der Waals surface area (Å²) in [5, 5.41) is 10.7. The van der Waals surface area contributed by atoms with E-state index in [0.29, 0.717) is 5.78 Å². The Kier molecular flexibility index (Phi) is 4.32. The number of hydrogen-bond donors (Lipinski definition) is 0. The highest BCUT2D eigenvalue weighted by molar-refractivity contribution is 6.05. The van der Waals surface area contributed by atoms with Crippen LogP contribution in [0.3, 0.4) is 0 Å². The molecule has 0 unspecified atom stereocenters. The number of carbonyl (C=O) groups is 1. The van der Waals surface area contributed by atoms with Gasteiger partial charge in [-0.15, -0.1) is 0 Å². The maximum absolute atomic E-state index is 12.9. The van der Waals surface area contributed by atoms with E-state index in [1.807, 2.05) is 30.3 Å². The lowest BCUT2D eigenvalue weighted by atomic mass is 9.75. The average Bonchev–Trinajstić information content (AvgIpc) is 2.94. The number of Topliss-reactive ketones (excluding diaryl/α,β-unsaturated/α-hetero) is 1. The van der Waals surface area contributed by atoms with Crippen LogP contribution in [0.2, 0.25) is 0 Å². The largest absolute Gasteiger partial charge is 0.303 e. The quantitative estimate of drug-likeness (QED) is 0.623. The molecular formula is C21H22N2O3. The van der Waals surface area contributed by atoms with E-state index in [0.717, 1.165) is 56.4 Å². The van der Waals surface area contributed by atoms with Crippen LogP contribution >= 0.6 is 0 Å². The van der Waals surface area contributed by atoms with Gasteiger partial charge in [0.1, 0.15) is 0 Å². The van der Waals surface area contributed by atoms with E-state index in [2.05, 4.69) is 11.0 Å². The summed E-state index contributed by atoms with van der Waals surface area (Å²) in [7, 11) is 0. The molecule has 1 aliphatic carbocycles. The molecule has 0 atom stereocenters. The van der Waals surface area contributed by atoms with Crippen molar-refractivity contribution in [3.63, 3.8) is 0 Å². The van der Waals surface area contributed by atoms with E-state index in [-0.39, 0.29) is 16.0 Å². The number of benzene rings is 2. The smallest absolute Gasteiger partial charge is 0.269 e. The maximum Gasteiger partial charge on any atom is 0.269 e. The molecular weight excluding hydrogens is 328 g/mol. The number of ketones is 1. The number of nitro benzene ring substituents is 1. The summed E-state index contributed by atoms with van der Waals surface area (Å²) in [5.41, 5.74) is 3.19. The molecule has 5 heteroatoms. The molecule has 134 valence electrons. The van der Waals surface area contributed by atoms with Gasteiger partial charge in [-0.3, -0.25) is 14.9 Å². The zero-order valence-corrected chi connectivity index (χ0v) is 14.7. The Labute approximate surface area is 152 Å². The zero-order valence-electron chi connectivity index (χ0n) is 14.7. The number of nitrogens with zero attached hydrogens (tertiary/aromatic N) is 2. The normalized spacial score (nSPS) is 18.8. The first-order chi connectivity index (χ1) is 12.6. The molecule has 0 bridgehead atoms. The Morgan fingerprint density at radius 1 is 1.04 bits per heavy atom. The van der Waals surface area contributed by atoms with Gasteiger partial charge in [0.15, 0.2) is 5.78 Å². The Morgan fingerprint density at radius 2 is 1.73 bits per heavy atom. The van der Waals surface area contributed by atoms with Crippen LogP contribution in [0.4, 0.5) is 5.69 Å². The van der Waals surface area contributed by atoms with Gasteiger partial charge in [-0.1, -0.05) is 36.4 Å². The monoisotopic (exact) mass is 350 g/mol. The van der Waals surface area contributed by atoms with Gasteiger partial charge in [0.25, 0.3) is 5.69 Å². The second-order valence-corrected chi connectivity index (χ2v) is 7.46. The van der Waals surface area contributed by atoms with Crippen LogP contribution in [0.15, 0.2) is 48.5 Å². The maximum atomic E-state index is 12.9. The van der Waals surface area contributed by atoms with Crippen molar-refractivity contribution < 1.29 is 9.72 Å². The van der Waals surface area contributed by atoms with E-state index >= 15 is 0 Å². The van der Waals surface area contributed by atoms with E-state index < -0.39 is 0 Å². The predicted octanol–water partition coefficient (Wildman–Crippen LogP) is 3.66. The fourth-order valence-corrected chi connectivity index (χ4v) is 4.31. The molecule has 1 fully saturated rings. The number of piperidine rings is 1. The summed E-state index contributed by atoms with van der Waals surface area (Å²) in [6.07, 6.45) is 3.60. The van der Waals surface area contributed by atoms with Crippen LogP contribution in [-0.2, 0) is 12.8 Å². The van der Waals surface area contributed by atoms with Gasteiger partial charge in [-0.05, 0) is 49.9 Å². The van der Waals surface area contributed by atoms with E-state index in [4.69, 9.17) is 0 Å². The molecule has 2 aromatic rings. The summed E-state index contributed by atoms with van der Waals surface area (Å²) in [6, 6.07) is 14.8. The van der Waals surface area contributed by atoms with Crippen molar-refractivity contribution in [2.75, 3.05) is 19.6 Å². The third-order valence-electron chi connectivity index (χ3n) is 5.95. The van der Waals surface area contributed by atoms with Crippen LogP contribution in [0.1, 0.15) is 34.3 Å². The molecule has 0 N–H and O–H groups in total. The second-order valence-electron chi connectivity index (χ2n) is 7.46. The summed E-state index contributed by atoms with van der Waals surface area (Å²) in [5.74, 6) is 0.336. The molecule has 1 saturated heterocycles. The lowest BCUT2D eigenvalue weighted by Gasteiger charge is -2.38. The molecule has 0 saturated carbocycles. The fourth-order valence-electron chi connectivity index (χ4n) is 4.31. The highest BCUT2D eigenvalue weighted by atomic mass is 16.6. The van der Waals surface area contributed by atoms with Gasteiger partial charge in [-0.2, -0.15) is 0 Å². The topological polar surface area (TPSA) is 63.5 Å². The number of hydrogen-bond acceptors (Lipinski definition) is 4. The van der Waals surface area contributed by atoms with Crippen LogP contribution in [0, 0.1) is 15.5 Å². The highest BCUT2D eigenvalue weighted by Gasteiger charge is 2.46. The van der Waals surface area contributed by atoms with Gasteiger partial charge < -0.3 is 4.90 Å². The van der Waals surface area contributed by atoms with Crippen molar-refractivity contribution in [3.05, 3.63) is 75.3 Å². The van der Waals surface area contributed by atoms with Crippen molar-refractivity contribution in [3.8, 4) is 0 Å². The van der Waals surface area contributed by atoms with Crippen molar-refractivity contribution >= 4 is 11.5 Å². The Hall–Kier alpha value is -2.53. The molecule has 5 nitrogen and oxygen atoms in total. The molecule has 0 radical (unpaired) electrons. The van der Waals surface area contributed by atoms with Crippen LogP contribution in [0.25, 0.3) is 0 Å². The van der Waals surface area contributed by atoms with Crippen LogP contribution in [0.5, 0.6) is 0 Å². The SMILES string of the molecule is O=C1c2ccccc2CC12CCN(CCc1ccc([N+](=O)[O-])cc1)CC2. The van der Waals surface area contributed by atoms with Crippen LogP contribution in [-0.4, -0.2) is 35.2 Å². The molecule has 2 aromatic carbocycles. The first kappa shape index (κ1) is 16.9. The zero-order chi connectivity index (χ0) is 18.1. The minimum atomic E-state index is -0.371. The third kappa shape index (κ3) is 3.03. The second kappa shape index (κ2) is 6.65. The Bertz CT molecular complexity index is 837. The minimum Gasteiger partial charge on any atom is -0.303 e. The highest BCUT2D eigenvalue weighted by Crippen LogP contribution is 2.44. The molecule has 0 aromatic heterocycles. The first-order valence-electron chi connectivity index (χ1n) is 9.16. The number of fused-ring (bicyclic) bond motifs is 1. The minimum absolute atomic E-state index is 0.132. The Balaban J connectivity index is 1.33. The molecule has 4 rings (SSSR count). The van der Waals surface area contributed by atoms with E-state index in [9.17, 15) is 14.9 Å². The van der Waals surface area contributed by atoms with Crippen LogP contribution < -0.4 is 0 Å². The summed E-state index contributed by atoms with van der Waals surface area (Å²) < 4.78 is 0. The number of nitro groups is 1. The molecule has 1 spiro atoms. The number of non-ortho nitro benzene ring substituents is 1. The van der Waals surface area contributed by atoms with Crippen molar-refractivity contribution in [2.24, 2.45) is 5.41 Å². The van der Waals surface area contributed by atoms with Crippen molar-refractivity contribution in [1.29, 1.82) is 0 Å². The van der Waals surface area contributed by atoms with Gasteiger partial charge in [0, 0.05) is 29.7 Å². The molecule has 0 amide bonds. The third-order valence-corrected chi connectivity index (χ3v) is 5.95. The summed E-state index contributed by atoms with van der Waals surface area (Å²) in [6.45, 7) is 2.80. The lowest BCUT2D eigenvalue weighted by Crippen LogP contribution is -2.43.